The van der Waals surface area contributed by atoms with Crippen molar-refractivity contribution >= 4 is 17.3 Å². The molecule has 0 aliphatic carbocycles. The first-order valence-electron chi connectivity index (χ1n) is 6.33. The molecule has 3 rings (SSSR count). The Morgan fingerprint density at radius 3 is 2.89 bits per heavy atom. The smallest absolute Gasteiger partial charge is 0.133 e. The molecule has 0 atom stereocenters. The van der Waals surface area contributed by atoms with Gasteiger partial charge in [0.05, 0.1) is 0 Å². The number of hydrogen-bond acceptors (Lipinski definition) is 3. The van der Waals surface area contributed by atoms with Gasteiger partial charge in [0, 0.05) is 23.5 Å². The first-order chi connectivity index (χ1) is 9.15. The zero-order valence-corrected chi connectivity index (χ0v) is 10.9. The van der Waals surface area contributed by atoms with Gasteiger partial charge < -0.3 is 10.6 Å². The number of hydrogen-bond donors (Lipinski definition) is 2. The summed E-state index contributed by atoms with van der Waals surface area (Å²) in [5.74, 6) is 0.953. The number of pyridine rings is 1. The van der Waals surface area contributed by atoms with Crippen molar-refractivity contribution in [1.29, 1.82) is 5.41 Å². The van der Waals surface area contributed by atoms with Crippen LogP contribution in [0.3, 0.4) is 0 Å². The number of rotatable bonds is 2. The average molecular weight is 252 g/mol. The van der Waals surface area contributed by atoms with E-state index in [1.54, 1.807) is 0 Å². The average Bonchev–Trinajstić information content (AvgIpc) is 2.81. The van der Waals surface area contributed by atoms with E-state index in [9.17, 15) is 0 Å². The number of para-hydroxylation sites is 1. The van der Waals surface area contributed by atoms with E-state index in [0.29, 0.717) is 0 Å². The lowest BCUT2D eigenvalue weighted by molar-refractivity contribution is 0.965. The fourth-order valence-electron chi connectivity index (χ4n) is 2.52. The first kappa shape index (κ1) is 11.7. The monoisotopic (exact) mass is 252 g/mol. The second-order valence-corrected chi connectivity index (χ2v) is 4.80. The van der Waals surface area contributed by atoms with Crippen molar-refractivity contribution in [2.75, 3.05) is 11.4 Å². The molecule has 0 unspecified atom stereocenters. The van der Waals surface area contributed by atoms with E-state index in [-0.39, 0.29) is 5.84 Å². The maximum atomic E-state index is 7.58. The van der Waals surface area contributed by atoms with Gasteiger partial charge in [-0.3, -0.25) is 5.41 Å². The van der Waals surface area contributed by atoms with Gasteiger partial charge in [-0.15, -0.1) is 0 Å². The van der Waals surface area contributed by atoms with E-state index in [1.807, 2.05) is 25.1 Å². The number of fused-ring (bicyclic) bond motifs is 1. The molecule has 4 nitrogen and oxygen atoms in total. The number of nitrogen functional groups attached to an aromatic ring is 1. The van der Waals surface area contributed by atoms with Crippen molar-refractivity contribution < 1.29 is 0 Å². The van der Waals surface area contributed by atoms with Gasteiger partial charge in [0.15, 0.2) is 0 Å². The van der Waals surface area contributed by atoms with E-state index in [2.05, 4.69) is 28.1 Å². The molecule has 4 heteroatoms. The SMILES string of the molecule is Cc1cc(C(=N)N)cc(N2CCc3ccccc32)n1. The molecule has 2 heterocycles. The van der Waals surface area contributed by atoms with Crippen LogP contribution in [0.15, 0.2) is 36.4 Å². The summed E-state index contributed by atoms with van der Waals surface area (Å²) in [4.78, 5) is 6.76. The van der Waals surface area contributed by atoms with Gasteiger partial charge in [-0.05, 0) is 37.1 Å². The molecule has 0 saturated carbocycles. The Balaban J connectivity index is 2.07. The van der Waals surface area contributed by atoms with Crippen molar-refractivity contribution in [3.63, 3.8) is 0 Å². The normalized spacial score (nSPS) is 13.4. The Morgan fingerprint density at radius 2 is 2.11 bits per heavy atom. The van der Waals surface area contributed by atoms with Crippen LogP contribution in [-0.2, 0) is 6.42 Å². The van der Waals surface area contributed by atoms with Gasteiger partial charge in [-0.1, -0.05) is 18.2 Å². The van der Waals surface area contributed by atoms with Gasteiger partial charge in [0.1, 0.15) is 11.7 Å². The molecule has 1 aliphatic heterocycles. The highest BCUT2D eigenvalue weighted by Crippen LogP contribution is 2.33. The van der Waals surface area contributed by atoms with Gasteiger partial charge in [0.25, 0.3) is 0 Å². The standard InChI is InChI=1S/C15H16N4/c1-10-8-12(15(16)17)9-14(18-10)19-7-6-11-4-2-3-5-13(11)19/h2-5,8-9H,6-7H2,1H3,(H3,16,17). The third kappa shape index (κ3) is 2.05. The third-order valence-corrected chi connectivity index (χ3v) is 3.41. The second-order valence-electron chi connectivity index (χ2n) is 4.80. The summed E-state index contributed by atoms with van der Waals surface area (Å²) >= 11 is 0. The quantitative estimate of drug-likeness (QED) is 0.637. The van der Waals surface area contributed by atoms with Gasteiger partial charge >= 0.3 is 0 Å². The van der Waals surface area contributed by atoms with Crippen LogP contribution in [0.2, 0.25) is 0 Å². The fourth-order valence-corrected chi connectivity index (χ4v) is 2.52. The lowest BCUT2D eigenvalue weighted by Gasteiger charge is -2.19. The summed E-state index contributed by atoms with van der Waals surface area (Å²) in [5, 5.41) is 7.58. The summed E-state index contributed by atoms with van der Waals surface area (Å²) in [5.41, 5.74) is 9.74. The maximum Gasteiger partial charge on any atom is 0.133 e. The van der Waals surface area contributed by atoms with Crippen molar-refractivity contribution in [2.24, 2.45) is 5.73 Å². The molecule has 0 fully saturated rings. The Morgan fingerprint density at radius 1 is 1.32 bits per heavy atom. The highest BCUT2D eigenvalue weighted by Gasteiger charge is 2.21. The molecule has 96 valence electrons. The van der Waals surface area contributed by atoms with E-state index in [1.165, 1.54) is 11.3 Å². The maximum absolute atomic E-state index is 7.58. The Bertz CT molecular complexity index is 648. The van der Waals surface area contributed by atoms with E-state index in [0.717, 1.165) is 30.0 Å². The minimum Gasteiger partial charge on any atom is -0.384 e. The summed E-state index contributed by atoms with van der Waals surface area (Å²) in [7, 11) is 0. The number of aromatic nitrogens is 1. The first-order valence-corrected chi connectivity index (χ1v) is 6.33. The summed E-state index contributed by atoms with van der Waals surface area (Å²) in [6, 6.07) is 12.1. The molecule has 2 aromatic rings. The van der Waals surface area contributed by atoms with Crippen molar-refractivity contribution in [3.8, 4) is 0 Å². The van der Waals surface area contributed by atoms with Gasteiger partial charge in [-0.2, -0.15) is 0 Å². The summed E-state index contributed by atoms with van der Waals surface area (Å²) in [6.45, 7) is 2.85. The molecule has 0 spiro atoms. The molecular formula is C15H16N4. The van der Waals surface area contributed by atoms with Crippen molar-refractivity contribution in [3.05, 3.63) is 53.2 Å². The predicted octanol–water partition coefficient (Wildman–Crippen LogP) is 2.37. The second kappa shape index (κ2) is 4.39. The number of nitrogens with two attached hydrogens (primary N) is 1. The third-order valence-electron chi connectivity index (χ3n) is 3.41. The number of nitrogens with zero attached hydrogens (tertiary/aromatic N) is 2. The Hall–Kier alpha value is -2.36. The van der Waals surface area contributed by atoms with Gasteiger partial charge in [0.2, 0.25) is 0 Å². The zero-order valence-electron chi connectivity index (χ0n) is 10.9. The van der Waals surface area contributed by atoms with E-state index < -0.39 is 0 Å². The topological polar surface area (TPSA) is 66.0 Å². The van der Waals surface area contributed by atoms with Crippen LogP contribution >= 0.6 is 0 Å². The molecule has 0 bridgehead atoms. The Labute approximate surface area is 112 Å². The molecule has 1 aromatic carbocycles. The van der Waals surface area contributed by atoms with Crippen LogP contribution in [0.4, 0.5) is 11.5 Å². The highest BCUT2D eigenvalue weighted by atomic mass is 15.2. The number of aryl methyl sites for hydroxylation is 1. The summed E-state index contributed by atoms with van der Waals surface area (Å²) in [6.07, 6.45) is 1.03. The highest BCUT2D eigenvalue weighted by molar-refractivity contribution is 5.96. The molecule has 1 aromatic heterocycles. The molecule has 3 N–H and O–H groups in total. The molecule has 0 radical (unpaired) electrons. The number of amidine groups is 1. The predicted molar refractivity (Wildman–Crippen MR) is 77.1 cm³/mol. The minimum absolute atomic E-state index is 0.0826. The van der Waals surface area contributed by atoms with Gasteiger partial charge in [-0.25, -0.2) is 4.98 Å². The van der Waals surface area contributed by atoms with E-state index >= 15 is 0 Å². The van der Waals surface area contributed by atoms with Crippen LogP contribution in [0.1, 0.15) is 16.8 Å². The van der Waals surface area contributed by atoms with Crippen molar-refractivity contribution in [2.45, 2.75) is 13.3 Å². The van der Waals surface area contributed by atoms with Crippen LogP contribution in [-0.4, -0.2) is 17.4 Å². The minimum atomic E-state index is 0.0826. The van der Waals surface area contributed by atoms with Crippen LogP contribution < -0.4 is 10.6 Å². The van der Waals surface area contributed by atoms with Crippen LogP contribution in [0.25, 0.3) is 0 Å². The number of anilines is 2. The van der Waals surface area contributed by atoms with Crippen molar-refractivity contribution in [1.82, 2.24) is 4.98 Å². The molecule has 0 amide bonds. The van der Waals surface area contributed by atoms with E-state index in [4.69, 9.17) is 11.1 Å². The van der Waals surface area contributed by atoms with Crippen LogP contribution in [0, 0.1) is 12.3 Å². The summed E-state index contributed by atoms with van der Waals surface area (Å²) < 4.78 is 0. The number of benzene rings is 1. The molecular weight excluding hydrogens is 236 g/mol. The lowest BCUT2D eigenvalue weighted by atomic mass is 10.2. The van der Waals surface area contributed by atoms with Crippen LogP contribution in [0.5, 0.6) is 0 Å². The molecule has 19 heavy (non-hydrogen) atoms. The molecule has 1 aliphatic rings. The Kier molecular flexibility index (Phi) is 2.71. The number of nitrogens with one attached hydrogen (secondary N) is 1. The largest absolute Gasteiger partial charge is 0.384 e. The lowest BCUT2D eigenvalue weighted by Crippen LogP contribution is -2.18. The molecule has 0 saturated heterocycles. The fraction of sp³-hybridized carbons (Fsp3) is 0.200. The zero-order chi connectivity index (χ0) is 13.4.